The second kappa shape index (κ2) is 8.06. The van der Waals surface area contributed by atoms with Crippen LogP contribution in [0.15, 0.2) is 29.2 Å². The van der Waals surface area contributed by atoms with E-state index in [9.17, 15) is 5.11 Å². The van der Waals surface area contributed by atoms with Gasteiger partial charge in [-0.3, -0.25) is 0 Å². The maximum Gasteiger partial charge on any atom is 0.0741 e. The van der Waals surface area contributed by atoms with Gasteiger partial charge in [0.05, 0.1) is 5.60 Å². The van der Waals surface area contributed by atoms with E-state index in [1.165, 1.54) is 36.1 Å². The van der Waals surface area contributed by atoms with Crippen molar-refractivity contribution in [2.24, 2.45) is 0 Å². The minimum atomic E-state index is -0.426. The molecule has 2 nitrogen and oxygen atoms in total. The third-order valence-corrected chi connectivity index (χ3v) is 5.26. The minimum Gasteiger partial charge on any atom is -0.389 e. The fraction of sp³-hybridized carbons (Fsp3) is 0.647. The van der Waals surface area contributed by atoms with Crippen molar-refractivity contribution in [2.45, 2.75) is 62.5 Å². The SMILES string of the molecule is CCCNCc1ccc(SCC2(O)CCCCC2)cc1. The molecular weight excluding hydrogens is 266 g/mol. The summed E-state index contributed by atoms with van der Waals surface area (Å²) in [7, 11) is 0. The average molecular weight is 293 g/mol. The zero-order chi connectivity index (χ0) is 14.3. The predicted octanol–water partition coefficient (Wildman–Crippen LogP) is 3.97. The third kappa shape index (κ3) is 5.12. The fourth-order valence-electron chi connectivity index (χ4n) is 2.68. The lowest BCUT2D eigenvalue weighted by Crippen LogP contribution is -2.33. The molecule has 1 aliphatic rings. The molecule has 3 heteroatoms. The Balaban J connectivity index is 1.78. The minimum absolute atomic E-state index is 0.426. The molecular formula is C17H27NOS. The van der Waals surface area contributed by atoms with Crippen molar-refractivity contribution in [1.29, 1.82) is 0 Å². The van der Waals surface area contributed by atoms with Gasteiger partial charge in [-0.1, -0.05) is 38.3 Å². The molecule has 0 heterocycles. The second-order valence-corrected chi connectivity index (χ2v) is 6.94. The van der Waals surface area contributed by atoms with Crippen LogP contribution in [0.1, 0.15) is 51.0 Å². The summed E-state index contributed by atoms with van der Waals surface area (Å²) in [6.45, 7) is 4.20. The lowest BCUT2D eigenvalue weighted by Gasteiger charge is -2.31. The lowest BCUT2D eigenvalue weighted by molar-refractivity contribution is 0.0273. The Morgan fingerprint density at radius 2 is 1.85 bits per heavy atom. The van der Waals surface area contributed by atoms with E-state index in [2.05, 4.69) is 36.5 Å². The topological polar surface area (TPSA) is 32.3 Å². The molecule has 112 valence electrons. The first-order valence-corrected chi connectivity index (χ1v) is 8.85. The van der Waals surface area contributed by atoms with Gasteiger partial charge in [-0.05, 0) is 43.5 Å². The molecule has 0 unspecified atom stereocenters. The van der Waals surface area contributed by atoms with Gasteiger partial charge in [0.15, 0.2) is 0 Å². The summed E-state index contributed by atoms with van der Waals surface area (Å²) in [6.07, 6.45) is 6.76. The molecule has 0 aliphatic heterocycles. The van der Waals surface area contributed by atoms with E-state index in [0.717, 1.165) is 31.7 Å². The molecule has 1 fully saturated rings. The largest absolute Gasteiger partial charge is 0.389 e. The van der Waals surface area contributed by atoms with Gasteiger partial charge in [-0.2, -0.15) is 0 Å². The van der Waals surface area contributed by atoms with Gasteiger partial charge in [0, 0.05) is 17.2 Å². The van der Waals surface area contributed by atoms with Crippen molar-refractivity contribution in [3.05, 3.63) is 29.8 Å². The molecule has 1 saturated carbocycles. The first-order chi connectivity index (χ1) is 9.72. The molecule has 20 heavy (non-hydrogen) atoms. The monoisotopic (exact) mass is 293 g/mol. The number of nitrogens with one attached hydrogen (secondary N) is 1. The molecule has 0 atom stereocenters. The fourth-order valence-corrected chi connectivity index (χ4v) is 3.74. The molecule has 0 spiro atoms. The van der Waals surface area contributed by atoms with E-state index in [1.54, 1.807) is 11.8 Å². The highest BCUT2D eigenvalue weighted by molar-refractivity contribution is 7.99. The van der Waals surface area contributed by atoms with Crippen LogP contribution < -0.4 is 5.32 Å². The molecule has 2 rings (SSSR count). The van der Waals surface area contributed by atoms with Crippen LogP contribution in [0.3, 0.4) is 0 Å². The molecule has 0 bridgehead atoms. The lowest BCUT2D eigenvalue weighted by atomic mass is 9.86. The molecule has 0 radical (unpaired) electrons. The van der Waals surface area contributed by atoms with Crippen LogP contribution in [-0.4, -0.2) is 23.0 Å². The quantitative estimate of drug-likeness (QED) is 0.589. The van der Waals surface area contributed by atoms with E-state index < -0.39 is 5.60 Å². The van der Waals surface area contributed by atoms with Crippen molar-refractivity contribution < 1.29 is 5.11 Å². The molecule has 1 aliphatic carbocycles. The number of hydrogen-bond acceptors (Lipinski definition) is 3. The summed E-state index contributed by atoms with van der Waals surface area (Å²) in [5.74, 6) is 0.834. The van der Waals surface area contributed by atoms with E-state index in [1.807, 2.05) is 0 Å². The van der Waals surface area contributed by atoms with Crippen molar-refractivity contribution in [2.75, 3.05) is 12.3 Å². The summed E-state index contributed by atoms with van der Waals surface area (Å²) in [5.41, 5.74) is 0.906. The average Bonchev–Trinajstić information content (AvgIpc) is 2.48. The van der Waals surface area contributed by atoms with Crippen LogP contribution >= 0.6 is 11.8 Å². The molecule has 2 N–H and O–H groups in total. The van der Waals surface area contributed by atoms with E-state index >= 15 is 0 Å². The summed E-state index contributed by atoms with van der Waals surface area (Å²) in [5, 5.41) is 13.9. The predicted molar refractivity (Wildman–Crippen MR) is 87.2 cm³/mol. The zero-order valence-electron chi connectivity index (χ0n) is 12.5. The Labute approximate surface area is 127 Å². The van der Waals surface area contributed by atoms with Crippen LogP contribution in [0, 0.1) is 0 Å². The second-order valence-electron chi connectivity index (χ2n) is 5.89. The van der Waals surface area contributed by atoms with Crippen molar-refractivity contribution in [1.82, 2.24) is 5.32 Å². The number of rotatable bonds is 7. The van der Waals surface area contributed by atoms with Crippen LogP contribution in [0.2, 0.25) is 0 Å². The van der Waals surface area contributed by atoms with Crippen LogP contribution in [0.4, 0.5) is 0 Å². The Morgan fingerprint density at radius 3 is 2.50 bits per heavy atom. The third-order valence-electron chi connectivity index (χ3n) is 3.97. The van der Waals surface area contributed by atoms with Crippen LogP contribution in [0.25, 0.3) is 0 Å². The Kier molecular flexibility index (Phi) is 6.40. The highest BCUT2D eigenvalue weighted by atomic mass is 32.2. The van der Waals surface area contributed by atoms with Crippen LogP contribution in [-0.2, 0) is 6.54 Å². The normalized spacial score (nSPS) is 18.1. The Hall–Kier alpha value is -0.510. The van der Waals surface area contributed by atoms with Gasteiger partial charge < -0.3 is 10.4 Å². The molecule has 0 saturated heterocycles. The van der Waals surface area contributed by atoms with Gasteiger partial charge in [0.1, 0.15) is 0 Å². The Morgan fingerprint density at radius 1 is 1.15 bits per heavy atom. The van der Waals surface area contributed by atoms with E-state index in [4.69, 9.17) is 0 Å². The van der Waals surface area contributed by atoms with E-state index in [0.29, 0.717) is 0 Å². The summed E-state index contributed by atoms with van der Waals surface area (Å²) in [4.78, 5) is 1.27. The summed E-state index contributed by atoms with van der Waals surface area (Å²) < 4.78 is 0. The molecule has 0 aromatic heterocycles. The summed E-state index contributed by atoms with van der Waals surface area (Å²) in [6, 6.07) is 8.74. The standard InChI is InChI=1S/C17H27NOS/c1-2-12-18-13-15-6-8-16(9-7-15)20-14-17(19)10-4-3-5-11-17/h6-9,18-19H,2-5,10-14H2,1H3. The highest BCUT2D eigenvalue weighted by Crippen LogP contribution is 2.33. The van der Waals surface area contributed by atoms with Crippen LogP contribution in [0.5, 0.6) is 0 Å². The smallest absolute Gasteiger partial charge is 0.0741 e. The van der Waals surface area contributed by atoms with Gasteiger partial charge in [0.2, 0.25) is 0 Å². The Bertz CT molecular complexity index is 384. The maximum atomic E-state index is 10.5. The molecule has 1 aromatic rings. The van der Waals surface area contributed by atoms with Gasteiger partial charge in [0.25, 0.3) is 0 Å². The first kappa shape index (κ1) is 15.9. The number of hydrogen-bond donors (Lipinski definition) is 2. The zero-order valence-corrected chi connectivity index (χ0v) is 13.3. The maximum absolute atomic E-state index is 10.5. The van der Waals surface area contributed by atoms with Crippen molar-refractivity contribution in [3.8, 4) is 0 Å². The molecule has 1 aromatic carbocycles. The van der Waals surface area contributed by atoms with E-state index in [-0.39, 0.29) is 0 Å². The number of aliphatic hydroxyl groups is 1. The summed E-state index contributed by atoms with van der Waals surface area (Å²) >= 11 is 1.79. The van der Waals surface area contributed by atoms with Gasteiger partial charge >= 0.3 is 0 Å². The number of thioether (sulfide) groups is 1. The van der Waals surface area contributed by atoms with Gasteiger partial charge in [-0.15, -0.1) is 11.8 Å². The van der Waals surface area contributed by atoms with Gasteiger partial charge in [-0.25, -0.2) is 0 Å². The molecule has 0 amide bonds. The van der Waals surface area contributed by atoms with Crippen molar-refractivity contribution >= 4 is 11.8 Å². The number of benzene rings is 1. The highest BCUT2D eigenvalue weighted by Gasteiger charge is 2.28. The first-order valence-electron chi connectivity index (χ1n) is 7.87. The van der Waals surface area contributed by atoms with Crippen molar-refractivity contribution in [3.63, 3.8) is 0 Å².